The third kappa shape index (κ3) is 1.67. The summed E-state index contributed by atoms with van der Waals surface area (Å²) in [6.07, 6.45) is 5.19. The minimum Gasteiger partial charge on any atom is -0.244 e. The molecular formula is C14H15NS. The van der Waals surface area contributed by atoms with E-state index >= 15 is 0 Å². The van der Waals surface area contributed by atoms with Gasteiger partial charge in [0, 0.05) is 10.4 Å². The highest BCUT2D eigenvalue weighted by molar-refractivity contribution is 7.10. The van der Waals surface area contributed by atoms with Crippen molar-refractivity contribution in [2.45, 2.75) is 32.6 Å². The molecule has 2 aromatic rings. The van der Waals surface area contributed by atoms with Gasteiger partial charge in [-0.1, -0.05) is 12.1 Å². The van der Waals surface area contributed by atoms with Gasteiger partial charge in [-0.3, -0.25) is 0 Å². The molecule has 0 N–H and O–H groups in total. The van der Waals surface area contributed by atoms with Crippen molar-refractivity contribution >= 4 is 11.3 Å². The SMILES string of the molecule is Cc1scnc1-c1ccc2c(c1)CCCC2. The molecule has 0 atom stereocenters. The second-order valence-electron chi connectivity index (χ2n) is 4.45. The van der Waals surface area contributed by atoms with E-state index in [1.54, 1.807) is 16.9 Å². The number of aryl methyl sites for hydroxylation is 3. The largest absolute Gasteiger partial charge is 0.244 e. The summed E-state index contributed by atoms with van der Waals surface area (Å²) in [5.41, 5.74) is 7.47. The predicted octanol–water partition coefficient (Wildman–Crippen LogP) is 4.00. The zero-order valence-electron chi connectivity index (χ0n) is 9.49. The number of nitrogens with zero attached hydrogens (tertiary/aromatic N) is 1. The van der Waals surface area contributed by atoms with Crippen LogP contribution < -0.4 is 0 Å². The number of fused-ring (bicyclic) bond motifs is 1. The first-order chi connectivity index (χ1) is 7.84. The highest BCUT2D eigenvalue weighted by atomic mass is 32.1. The molecule has 0 fully saturated rings. The Bertz CT molecular complexity index is 513. The molecule has 1 aliphatic carbocycles. The van der Waals surface area contributed by atoms with E-state index in [1.165, 1.54) is 47.4 Å². The number of thiazole rings is 1. The Morgan fingerprint density at radius 2 is 1.94 bits per heavy atom. The van der Waals surface area contributed by atoms with E-state index in [2.05, 4.69) is 30.1 Å². The maximum atomic E-state index is 4.45. The van der Waals surface area contributed by atoms with Gasteiger partial charge in [-0.25, -0.2) is 4.98 Å². The van der Waals surface area contributed by atoms with Crippen LogP contribution >= 0.6 is 11.3 Å². The van der Waals surface area contributed by atoms with Crippen LogP contribution in [0.25, 0.3) is 11.3 Å². The highest BCUT2D eigenvalue weighted by Crippen LogP contribution is 2.29. The van der Waals surface area contributed by atoms with Gasteiger partial charge in [0.25, 0.3) is 0 Å². The molecule has 0 amide bonds. The molecule has 0 bridgehead atoms. The van der Waals surface area contributed by atoms with E-state index in [4.69, 9.17) is 0 Å². The van der Waals surface area contributed by atoms with E-state index < -0.39 is 0 Å². The van der Waals surface area contributed by atoms with E-state index in [1.807, 2.05) is 5.51 Å². The van der Waals surface area contributed by atoms with Crippen LogP contribution in [0.1, 0.15) is 28.8 Å². The lowest BCUT2D eigenvalue weighted by Crippen LogP contribution is -2.02. The molecule has 0 aliphatic heterocycles. The van der Waals surface area contributed by atoms with Crippen LogP contribution in [0.5, 0.6) is 0 Å². The van der Waals surface area contributed by atoms with Crippen molar-refractivity contribution < 1.29 is 0 Å². The van der Waals surface area contributed by atoms with Gasteiger partial charge in [0.15, 0.2) is 0 Å². The summed E-state index contributed by atoms with van der Waals surface area (Å²) >= 11 is 1.73. The standard InChI is InChI=1S/C14H15NS/c1-10-14(15-9-16-10)13-7-6-11-4-2-3-5-12(11)8-13/h6-9H,2-5H2,1H3. The molecule has 1 aromatic carbocycles. The summed E-state index contributed by atoms with van der Waals surface area (Å²) < 4.78 is 0. The first-order valence-electron chi connectivity index (χ1n) is 5.87. The van der Waals surface area contributed by atoms with Crippen molar-refractivity contribution in [1.82, 2.24) is 4.98 Å². The Kier molecular flexibility index (Phi) is 2.52. The Hall–Kier alpha value is -1.15. The summed E-state index contributed by atoms with van der Waals surface area (Å²) in [5.74, 6) is 0. The van der Waals surface area contributed by atoms with Gasteiger partial charge in [-0.05, 0) is 49.8 Å². The van der Waals surface area contributed by atoms with Crippen molar-refractivity contribution in [3.63, 3.8) is 0 Å². The lowest BCUT2D eigenvalue weighted by molar-refractivity contribution is 0.686. The number of aromatic nitrogens is 1. The molecule has 16 heavy (non-hydrogen) atoms. The van der Waals surface area contributed by atoms with Gasteiger partial charge in [0.05, 0.1) is 11.2 Å². The van der Waals surface area contributed by atoms with Crippen molar-refractivity contribution in [3.8, 4) is 11.3 Å². The third-order valence-corrected chi connectivity index (χ3v) is 4.12. The summed E-state index contributed by atoms with van der Waals surface area (Å²) in [5, 5.41) is 0. The third-order valence-electron chi connectivity index (χ3n) is 3.37. The Morgan fingerprint density at radius 1 is 1.12 bits per heavy atom. The first kappa shape index (κ1) is 10.0. The molecular weight excluding hydrogens is 214 g/mol. The molecule has 0 unspecified atom stereocenters. The maximum absolute atomic E-state index is 4.45. The van der Waals surface area contributed by atoms with E-state index in [0.29, 0.717) is 0 Å². The Labute approximate surface area is 100 Å². The van der Waals surface area contributed by atoms with Crippen LogP contribution in [0.2, 0.25) is 0 Å². The zero-order valence-corrected chi connectivity index (χ0v) is 10.3. The highest BCUT2D eigenvalue weighted by Gasteiger charge is 2.11. The smallest absolute Gasteiger partial charge is 0.0840 e. The topological polar surface area (TPSA) is 12.9 Å². The van der Waals surface area contributed by atoms with Gasteiger partial charge in [0.2, 0.25) is 0 Å². The minimum atomic E-state index is 1.17. The molecule has 2 heteroatoms. The molecule has 0 spiro atoms. The minimum absolute atomic E-state index is 1.17. The first-order valence-corrected chi connectivity index (χ1v) is 6.75. The molecule has 0 saturated carbocycles. The van der Waals surface area contributed by atoms with Crippen LogP contribution in [-0.4, -0.2) is 4.98 Å². The lowest BCUT2D eigenvalue weighted by Gasteiger charge is -2.16. The van der Waals surface area contributed by atoms with Gasteiger partial charge in [0.1, 0.15) is 0 Å². The number of rotatable bonds is 1. The van der Waals surface area contributed by atoms with Crippen molar-refractivity contribution in [3.05, 3.63) is 39.7 Å². The van der Waals surface area contributed by atoms with Crippen molar-refractivity contribution in [2.24, 2.45) is 0 Å². The molecule has 3 rings (SSSR count). The lowest BCUT2D eigenvalue weighted by atomic mass is 9.90. The summed E-state index contributed by atoms with van der Waals surface area (Å²) in [7, 11) is 0. The van der Waals surface area contributed by atoms with Gasteiger partial charge < -0.3 is 0 Å². The molecule has 1 aromatic heterocycles. The summed E-state index contributed by atoms with van der Waals surface area (Å²) in [6.45, 7) is 2.15. The monoisotopic (exact) mass is 229 g/mol. The zero-order chi connectivity index (χ0) is 11.0. The molecule has 0 saturated heterocycles. The summed E-state index contributed by atoms with van der Waals surface area (Å²) in [6, 6.07) is 6.87. The quantitative estimate of drug-likeness (QED) is 0.720. The Balaban J connectivity index is 2.06. The second-order valence-corrected chi connectivity index (χ2v) is 5.51. The van der Waals surface area contributed by atoms with E-state index in [-0.39, 0.29) is 0 Å². The van der Waals surface area contributed by atoms with Crippen molar-refractivity contribution in [2.75, 3.05) is 0 Å². The van der Waals surface area contributed by atoms with Gasteiger partial charge in [-0.15, -0.1) is 11.3 Å². The van der Waals surface area contributed by atoms with Crippen LogP contribution in [0, 0.1) is 6.92 Å². The molecule has 1 nitrogen and oxygen atoms in total. The van der Waals surface area contributed by atoms with Crippen LogP contribution in [0.4, 0.5) is 0 Å². The van der Waals surface area contributed by atoms with Crippen LogP contribution in [-0.2, 0) is 12.8 Å². The van der Waals surface area contributed by atoms with Crippen molar-refractivity contribution in [1.29, 1.82) is 0 Å². The molecule has 0 radical (unpaired) electrons. The molecule has 82 valence electrons. The number of hydrogen-bond donors (Lipinski definition) is 0. The van der Waals surface area contributed by atoms with Gasteiger partial charge >= 0.3 is 0 Å². The van der Waals surface area contributed by atoms with E-state index in [9.17, 15) is 0 Å². The molecule has 1 heterocycles. The maximum Gasteiger partial charge on any atom is 0.0840 e. The van der Waals surface area contributed by atoms with E-state index in [0.717, 1.165) is 0 Å². The normalized spacial score (nSPS) is 14.8. The van der Waals surface area contributed by atoms with Crippen LogP contribution in [0.15, 0.2) is 23.7 Å². The van der Waals surface area contributed by atoms with Crippen LogP contribution in [0.3, 0.4) is 0 Å². The molecule has 1 aliphatic rings. The fourth-order valence-corrected chi connectivity index (χ4v) is 3.06. The number of benzene rings is 1. The van der Waals surface area contributed by atoms with Gasteiger partial charge in [-0.2, -0.15) is 0 Å². The average Bonchev–Trinajstić information content (AvgIpc) is 2.75. The Morgan fingerprint density at radius 3 is 2.69 bits per heavy atom. The summed E-state index contributed by atoms with van der Waals surface area (Å²) in [4.78, 5) is 5.77. The number of hydrogen-bond acceptors (Lipinski definition) is 2. The average molecular weight is 229 g/mol. The second kappa shape index (κ2) is 4.02. The predicted molar refractivity (Wildman–Crippen MR) is 68.9 cm³/mol. The fourth-order valence-electron chi connectivity index (χ4n) is 2.46. The fraction of sp³-hybridized carbons (Fsp3) is 0.357.